The molecule has 1 fully saturated rings. The van der Waals surface area contributed by atoms with Crippen molar-refractivity contribution >= 4 is 0 Å². The zero-order valence-corrected chi connectivity index (χ0v) is 8.76. The van der Waals surface area contributed by atoms with E-state index in [0.29, 0.717) is 0 Å². The molecule has 0 atom stereocenters. The zero-order chi connectivity index (χ0) is 10.3. The molecule has 1 N–H and O–H groups in total. The Bertz CT molecular complexity index is 304. The fourth-order valence-electron chi connectivity index (χ4n) is 1.57. The van der Waals surface area contributed by atoms with Crippen molar-refractivity contribution in [2.24, 2.45) is 0 Å². The summed E-state index contributed by atoms with van der Waals surface area (Å²) in [6, 6.07) is 1.84. The third kappa shape index (κ3) is 3.32. The van der Waals surface area contributed by atoms with Crippen LogP contribution in [0, 0.1) is 0 Å². The van der Waals surface area contributed by atoms with E-state index in [2.05, 4.69) is 32.5 Å². The molecule has 2 heterocycles. The molecule has 0 spiro atoms. The lowest BCUT2D eigenvalue weighted by molar-refractivity contribution is 0.323. The second-order valence-corrected chi connectivity index (χ2v) is 3.54. The molecule has 0 aromatic carbocycles. The van der Waals surface area contributed by atoms with Gasteiger partial charge in [0.2, 0.25) is 0 Å². The third-order valence-electron chi connectivity index (χ3n) is 2.39. The Balaban J connectivity index is 1.79. The van der Waals surface area contributed by atoms with Gasteiger partial charge >= 0.3 is 0 Å². The van der Waals surface area contributed by atoms with Gasteiger partial charge in [-0.15, -0.1) is 0 Å². The lowest BCUT2D eigenvalue weighted by Crippen LogP contribution is -2.40. The number of hydrogen-bond acceptors (Lipinski definition) is 4. The summed E-state index contributed by atoms with van der Waals surface area (Å²) >= 11 is 0. The summed E-state index contributed by atoms with van der Waals surface area (Å²) in [5.41, 5.74) is 0. The Hall–Kier alpha value is -1.42. The van der Waals surface area contributed by atoms with Crippen LogP contribution in [0.2, 0.25) is 0 Å². The predicted molar refractivity (Wildman–Crippen MR) is 59.3 cm³/mol. The van der Waals surface area contributed by atoms with Crippen molar-refractivity contribution in [1.82, 2.24) is 20.2 Å². The maximum Gasteiger partial charge on any atom is 0.132 e. The van der Waals surface area contributed by atoms with E-state index in [-0.39, 0.29) is 0 Å². The van der Waals surface area contributed by atoms with Crippen LogP contribution < -0.4 is 5.32 Å². The van der Waals surface area contributed by atoms with Crippen LogP contribution in [0.3, 0.4) is 0 Å². The van der Waals surface area contributed by atoms with E-state index < -0.39 is 0 Å². The summed E-state index contributed by atoms with van der Waals surface area (Å²) < 4.78 is 0. The lowest BCUT2D eigenvalue weighted by atomic mass is 10.3. The minimum atomic E-state index is 0.810. The summed E-state index contributed by atoms with van der Waals surface area (Å²) in [6.45, 7) is 4.33. The number of nitrogens with zero attached hydrogens (tertiary/aromatic N) is 3. The number of hydrogen-bond donors (Lipinski definition) is 1. The van der Waals surface area contributed by atoms with Gasteiger partial charge in [-0.2, -0.15) is 0 Å². The van der Waals surface area contributed by atoms with E-state index in [4.69, 9.17) is 0 Å². The molecule has 1 aliphatic heterocycles. The summed E-state index contributed by atoms with van der Waals surface area (Å²) in [6.07, 6.45) is 8.64. The molecule has 80 valence electrons. The second-order valence-electron chi connectivity index (χ2n) is 3.54. The maximum absolute atomic E-state index is 4.17. The minimum Gasteiger partial charge on any atom is -0.375 e. The van der Waals surface area contributed by atoms with Crippen LogP contribution in [-0.4, -0.2) is 41.0 Å². The number of aromatic nitrogens is 2. The van der Waals surface area contributed by atoms with E-state index in [9.17, 15) is 0 Å². The molecule has 4 nitrogen and oxygen atoms in total. The molecule has 4 heteroatoms. The molecular weight excluding hydrogens is 188 g/mol. The first kappa shape index (κ1) is 10.1. The van der Waals surface area contributed by atoms with Crippen LogP contribution >= 0.6 is 0 Å². The van der Waals surface area contributed by atoms with Crippen molar-refractivity contribution in [3.05, 3.63) is 36.6 Å². The van der Waals surface area contributed by atoms with Gasteiger partial charge in [-0.1, -0.05) is 6.08 Å². The zero-order valence-electron chi connectivity index (χ0n) is 8.76. The van der Waals surface area contributed by atoms with Gasteiger partial charge in [0.1, 0.15) is 5.82 Å². The first-order valence-corrected chi connectivity index (χ1v) is 5.32. The number of allylic oxidation sites excluding steroid dienone is 1. The van der Waals surface area contributed by atoms with E-state index in [0.717, 1.165) is 38.4 Å². The van der Waals surface area contributed by atoms with Gasteiger partial charge in [0.25, 0.3) is 0 Å². The predicted octanol–water partition coefficient (Wildman–Crippen LogP) is 0.438. The summed E-state index contributed by atoms with van der Waals surface area (Å²) in [4.78, 5) is 10.7. The molecule has 0 unspecified atom stereocenters. The van der Waals surface area contributed by atoms with E-state index in [1.54, 1.807) is 12.4 Å². The first-order chi connectivity index (χ1) is 7.45. The average Bonchev–Trinajstić information content (AvgIpc) is 2.32. The van der Waals surface area contributed by atoms with Gasteiger partial charge in [-0.3, -0.25) is 0 Å². The monoisotopic (exact) mass is 204 g/mol. The molecule has 15 heavy (non-hydrogen) atoms. The fourth-order valence-corrected chi connectivity index (χ4v) is 1.57. The maximum atomic E-state index is 4.17. The third-order valence-corrected chi connectivity index (χ3v) is 2.39. The molecule has 0 saturated carbocycles. The van der Waals surface area contributed by atoms with E-state index in [1.165, 1.54) is 0 Å². The summed E-state index contributed by atoms with van der Waals surface area (Å²) in [7, 11) is 0. The van der Waals surface area contributed by atoms with Crippen molar-refractivity contribution in [1.29, 1.82) is 0 Å². The molecule has 2 rings (SSSR count). The highest BCUT2D eigenvalue weighted by atomic mass is 15.2. The van der Waals surface area contributed by atoms with E-state index >= 15 is 0 Å². The number of nitrogens with one attached hydrogen (secondary N) is 1. The van der Waals surface area contributed by atoms with Crippen molar-refractivity contribution < 1.29 is 0 Å². The number of piperazine rings is 1. The molecule has 1 aromatic heterocycles. The number of rotatable bonds is 3. The molecule has 0 amide bonds. The second kappa shape index (κ2) is 5.46. The van der Waals surface area contributed by atoms with Gasteiger partial charge in [0, 0.05) is 45.0 Å². The standard InChI is InChI=1S/C11H16N4/c1(3-11-13-4-2-5-14-11)8-15-9-6-12-7-10-15/h1-2,4-5,8,12H,3,6-7,9-10H2. The summed E-state index contributed by atoms with van der Waals surface area (Å²) in [5, 5.41) is 3.32. The van der Waals surface area contributed by atoms with Gasteiger partial charge in [-0.25, -0.2) is 9.97 Å². The van der Waals surface area contributed by atoms with Crippen molar-refractivity contribution in [3.63, 3.8) is 0 Å². The molecule has 1 aliphatic rings. The van der Waals surface area contributed by atoms with Gasteiger partial charge in [0.15, 0.2) is 0 Å². The quantitative estimate of drug-likeness (QED) is 0.775. The van der Waals surface area contributed by atoms with E-state index in [1.807, 2.05) is 6.07 Å². The minimum absolute atomic E-state index is 0.810. The van der Waals surface area contributed by atoms with Crippen LogP contribution in [0.5, 0.6) is 0 Å². The Kier molecular flexibility index (Phi) is 3.68. The Morgan fingerprint density at radius 3 is 2.73 bits per heavy atom. The lowest BCUT2D eigenvalue weighted by Gasteiger charge is -2.25. The van der Waals surface area contributed by atoms with Crippen LogP contribution in [-0.2, 0) is 6.42 Å². The Morgan fingerprint density at radius 2 is 2.00 bits per heavy atom. The Morgan fingerprint density at radius 1 is 1.27 bits per heavy atom. The fraction of sp³-hybridized carbons (Fsp3) is 0.455. The van der Waals surface area contributed by atoms with Crippen LogP contribution in [0.15, 0.2) is 30.7 Å². The SMILES string of the molecule is C(=CN1CCNCC1)Cc1ncccn1. The molecule has 1 aromatic rings. The van der Waals surface area contributed by atoms with Crippen molar-refractivity contribution in [2.75, 3.05) is 26.2 Å². The van der Waals surface area contributed by atoms with Crippen LogP contribution in [0.1, 0.15) is 5.82 Å². The first-order valence-electron chi connectivity index (χ1n) is 5.32. The largest absolute Gasteiger partial charge is 0.375 e. The van der Waals surface area contributed by atoms with Crippen molar-refractivity contribution in [3.8, 4) is 0 Å². The normalized spacial score (nSPS) is 17.2. The summed E-state index contributed by atoms with van der Waals surface area (Å²) in [5.74, 6) is 0.879. The molecular formula is C11H16N4. The van der Waals surface area contributed by atoms with Gasteiger partial charge in [0.05, 0.1) is 0 Å². The molecule has 0 radical (unpaired) electrons. The molecule has 0 aliphatic carbocycles. The van der Waals surface area contributed by atoms with Gasteiger partial charge in [-0.05, 0) is 12.3 Å². The highest BCUT2D eigenvalue weighted by Crippen LogP contribution is 1.96. The highest BCUT2D eigenvalue weighted by molar-refractivity contribution is 4.97. The highest BCUT2D eigenvalue weighted by Gasteiger charge is 2.03. The Labute approximate surface area is 90.0 Å². The van der Waals surface area contributed by atoms with Crippen LogP contribution in [0.4, 0.5) is 0 Å². The van der Waals surface area contributed by atoms with Crippen molar-refractivity contribution in [2.45, 2.75) is 6.42 Å². The average molecular weight is 204 g/mol. The van der Waals surface area contributed by atoms with Crippen LogP contribution in [0.25, 0.3) is 0 Å². The smallest absolute Gasteiger partial charge is 0.132 e. The molecule has 0 bridgehead atoms. The topological polar surface area (TPSA) is 41.0 Å². The molecule has 1 saturated heterocycles. The van der Waals surface area contributed by atoms with Gasteiger partial charge < -0.3 is 10.2 Å².